The molecule has 8 amide bonds. The number of piperazine rings is 3. The molecule has 10 aromatic rings. The number of benzene rings is 7. The number of fused-ring (bicyclic) bond motifs is 6. The molecule has 33 nitrogen and oxygen atoms in total. The Kier molecular flexibility index (Phi) is 33.5. The van der Waals surface area contributed by atoms with Crippen LogP contribution in [0.1, 0.15) is 107 Å². The van der Waals surface area contributed by atoms with Crippen LogP contribution in [0.25, 0.3) is 39.3 Å². The highest BCUT2D eigenvalue weighted by atomic mass is 32.2. The van der Waals surface area contributed by atoms with E-state index >= 15 is 0 Å². The van der Waals surface area contributed by atoms with E-state index in [2.05, 4.69) is 127 Å². The maximum absolute atomic E-state index is 13.9. The highest BCUT2D eigenvalue weighted by molar-refractivity contribution is 8.00. The van der Waals surface area contributed by atoms with Crippen molar-refractivity contribution >= 4 is 131 Å². The van der Waals surface area contributed by atoms with E-state index in [9.17, 15) is 53.0 Å². The molecular formula is C110H131BN20O13S4. The molecule has 1 N–H and O–H groups in total. The Balaban J connectivity index is 0.000000121. The van der Waals surface area contributed by atoms with Crippen LogP contribution in [-0.2, 0) is 43.0 Å². The quantitative estimate of drug-likeness (QED) is 0.0616. The van der Waals surface area contributed by atoms with Gasteiger partial charge < -0.3 is 63.4 Å². The number of hydrogen-bond acceptors (Lipinski definition) is 26. The van der Waals surface area contributed by atoms with Gasteiger partial charge in [0.05, 0.1) is 69.8 Å². The molecule has 2 aliphatic carbocycles. The summed E-state index contributed by atoms with van der Waals surface area (Å²) in [6.07, 6.45) is 3.25. The predicted octanol–water partition coefficient (Wildman–Crippen LogP) is 11.9. The number of Topliss-reactive ketones (excluding diaryl/α,β-unsaturated/α-hetero) is 1. The Labute approximate surface area is 882 Å². The maximum Gasteiger partial charge on any atom is 0.410 e. The monoisotopic (exact) mass is 2080 g/mol. The van der Waals surface area contributed by atoms with Gasteiger partial charge >= 0.3 is 19.2 Å². The average Bonchev–Trinajstić information content (AvgIpc) is 1.61. The van der Waals surface area contributed by atoms with Crippen molar-refractivity contribution in [1.82, 2.24) is 83.2 Å². The number of likely N-dealkylation sites (tertiary alicyclic amines) is 4. The van der Waals surface area contributed by atoms with Gasteiger partial charge in [0, 0.05) is 204 Å². The molecule has 776 valence electrons. The molecule has 23 rings (SSSR count). The summed E-state index contributed by atoms with van der Waals surface area (Å²) in [6, 6.07) is 66.6. The summed E-state index contributed by atoms with van der Waals surface area (Å²) in [5, 5.41) is 23.8. The van der Waals surface area contributed by atoms with Crippen molar-refractivity contribution in [1.29, 1.82) is 0 Å². The van der Waals surface area contributed by atoms with Gasteiger partial charge in [0.1, 0.15) is 54.8 Å². The van der Waals surface area contributed by atoms with Crippen molar-refractivity contribution < 1.29 is 62.4 Å². The number of aryl methyl sites for hydroxylation is 3. The van der Waals surface area contributed by atoms with Crippen LogP contribution in [-0.4, -0.2) is 382 Å². The predicted molar refractivity (Wildman–Crippen MR) is 581 cm³/mol. The summed E-state index contributed by atoms with van der Waals surface area (Å²) >= 11 is 7.01. The third-order valence-corrected chi connectivity index (χ3v) is 34.4. The largest absolute Gasteiger partial charge is 0.448 e. The van der Waals surface area contributed by atoms with Gasteiger partial charge in [0.15, 0.2) is 12.1 Å². The molecular weight excluding hydrogens is 1950 g/mol. The number of thioether (sulfide) groups is 4. The number of anilines is 3. The highest BCUT2D eigenvalue weighted by Gasteiger charge is 2.49. The minimum absolute atomic E-state index is 0.00331. The van der Waals surface area contributed by atoms with E-state index in [4.69, 9.17) is 19.7 Å². The summed E-state index contributed by atoms with van der Waals surface area (Å²) in [6.45, 7) is 26.1. The van der Waals surface area contributed by atoms with E-state index in [-0.39, 0.29) is 109 Å². The van der Waals surface area contributed by atoms with Crippen LogP contribution in [0.5, 0.6) is 0 Å². The fraction of sp³-hybridized carbons (Fsp3) is 0.445. The second-order valence-electron chi connectivity index (χ2n) is 39.7. The second-order valence-corrected chi connectivity index (χ2v) is 44.0. The van der Waals surface area contributed by atoms with E-state index in [0.29, 0.717) is 50.0 Å². The Morgan fingerprint density at radius 2 is 0.777 bits per heavy atom. The third kappa shape index (κ3) is 23.0. The van der Waals surface area contributed by atoms with Crippen molar-refractivity contribution in [3.8, 4) is 39.3 Å². The van der Waals surface area contributed by atoms with Crippen molar-refractivity contribution in [2.45, 2.75) is 122 Å². The fourth-order valence-corrected chi connectivity index (χ4v) is 26.6. The molecule has 0 unspecified atom stereocenters. The molecule has 38 heteroatoms. The number of nitrogens with zero attached hydrogens (tertiary/aromatic N) is 20. The molecule has 0 saturated carbocycles. The number of para-hydroxylation sites is 3. The Morgan fingerprint density at radius 3 is 1.17 bits per heavy atom. The zero-order chi connectivity index (χ0) is 103. The van der Waals surface area contributed by atoms with Crippen LogP contribution >= 0.6 is 47.0 Å². The summed E-state index contributed by atoms with van der Waals surface area (Å²) in [7, 11) is -0.441. The van der Waals surface area contributed by atoms with Gasteiger partial charge in [-0.1, -0.05) is 152 Å². The Hall–Kier alpha value is -12.4. The lowest BCUT2D eigenvalue weighted by molar-refractivity contribution is -0.141. The van der Waals surface area contributed by atoms with Gasteiger partial charge in [0.25, 0.3) is 0 Å². The normalized spacial score (nSPS) is 21.3. The number of ketones is 1. The van der Waals surface area contributed by atoms with Crippen LogP contribution in [0.3, 0.4) is 0 Å². The van der Waals surface area contributed by atoms with E-state index in [0.717, 1.165) is 217 Å². The Bertz CT molecular complexity index is 6310. The van der Waals surface area contributed by atoms with Gasteiger partial charge in [-0.3, -0.25) is 58.0 Å². The van der Waals surface area contributed by atoms with Gasteiger partial charge in [-0.05, 0) is 134 Å². The zero-order valence-corrected chi connectivity index (χ0v) is 88.3. The van der Waals surface area contributed by atoms with E-state index in [1.165, 1.54) is 56.3 Å². The van der Waals surface area contributed by atoms with Crippen LogP contribution in [0.2, 0.25) is 6.82 Å². The molecule has 0 radical (unpaired) electrons. The number of hydrogen-bond donors (Lipinski definition) is 1. The number of ether oxygens (including phenoxy) is 2. The first-order chi connectivity index (χ1) is 72.0. The van der Waals surface area contributed by atoms with Gasteiger partial charge in [-0.2, -0.15) is 15.3 Å². The zero-order valence-electron chi connectivity index (χ0n) is 85.0. The highest BCUT2D eigenvalue weighted by Crippen LogP contribution is 2.47. The molecule has 148 heavy (non-hydrogen) atoms. The summed E-state index contributed by atoms with van der Waals surface area (Å²) < 4.78 is 17.8. The first-order valence-electron chi connectivity index (χ1n) is 51.8. The van der Waals surface area contributed by atoms with Crippen LogP contribution in [0.15, 0.2) is 200 Å². The fourth-order valence-electron chi connectivity index (χ4n) is 22.8. The van der Waals surface area contributed by atoms with E-state index in [1.54, 1.807) is 80.4 Å². The standard InChI is InChI=1S/C37H40N6O3S.C24H32N6O2S.C23H24N2O3S.C16H21BN4O2.C10H14N2O3S/c1-26-21-35(43(38-26)27-9-3-2-4-10-27)40-17-15-39(16-18-40)28-22-34(36(44)41-19-20-47-25-41)42(23-28)37(45)46-24-33-31-13-7-5-11-29(31)30-12-6-8-14-32(30)33;1-18-14-23(30(25-18)20-6-4-3-5-7-20)27-10-8-26(9-11-27)21-15-22(29(16-21)19(2)31)24(32)28-12-13-33-17-28;26-22(24-12-13-29-15-24)21-10-5-11-25(21)23(27)28-14-20-18-8-3-1-6-16(18)17-7-2-4-9-19(17)20;1-13-15(12-22)16(19-8-10-20(11-9-19)17(2)23)21(18-13)14-6-4-3-5-7-14;1-7(13)12-5-8(14)4-9(12)10(15)11-2-3-16-6-11/h2-14,21,28,33-34H,15-20,22-25H2,1H3;3-7,14,21-22H,8-13,15-17H2,1-2H3;1-4,6-9,20-21H,5,10-15H2;3-7,12,23H,8-11H2,1-2H3;9H,2-6H2,1H3/t28-,34-;21-,22-;21-;;9-/m000.0/s1. The molecule has 7 aromatic carbocycles. The van der Waals surface area contributed by atoms with Crippen molar-refractivity contribution in [2.75, 3.05) is 205 Å². The first kappa shape index (κ1) is 104. The number of carbonyl (C=O) groups excluding carboxylic acids is 10. The van der Waals surface area contributed by atoms with Crippen LogP contribution < -0.4 is 14.7 Å². The molecule has 13 aliphatic rings. The average molecular weight is 2080 g/mol. The lowest BCUT2D eigenvalue weighted by atomic mass is 9.84. The number of rotatable bonds is 18. The molecule has 11 fully saturated rings. The maximum atomic E-state index is 13.9. The molecule has 11 aliphatic heterocycles. The second kappa shape index (κ2) is 47.6. The molecule has 14 heterocycles. The lowest BCUT2D eigenvalue weighted by Gasteiger charge is -2.38. The number of aldehydes is 1. The summed E-state index contributed by atoms with van der Waals surface area (Å²) in [4.78, 5) is 153. The van der Waals surface area contributed by atoms with Gasteiger partial charge in [0.2, 0.25) is 35.4 Å². The molecule has 11 saturated heterocycles. The van der Waals surface area contributed by atoms with Crippen LogP contribution in [0.4, 0.5) is 27.0 Å². The molecule has 0 bridgehead atoms. The van der Waals surface area contributed by atoms with Crippen LogP contribution in [0, 0.1) is 20.8 Å². The smallest absolute Gasteiger partial charge is 0.410 e. The minimum Gasteiger partial charge on any atom is -0.448 e. The first-order valence-corrected chi connectivity index (χ1v) is 56.4. The molecule has 0 spiro atoms. The van der Waals surface area contributed by atoms with Crippen molar-refractivity contribution in [3.05, 3.63) is 245 Å². The summed E-state index contributed by atoms with van der Waals surface area (Å²) in [5.74, 6) is 9.70. The summed E-state index contributed by atoms with van der Waals surface area (Å²) in [5.41, 5.74) is 16.0. The SMILES string of the molecule is CB(O)N1CCN(c2c(C=O)c(C)nn2-c2ccccc2)CC1.CC(=O)N1CC(=O)C[C@H]1C(=O)N1CCSC1.CC(=O)N1C[C@@H](N2CCN(c3cc(C)nn3-c3ccccc3)CC2)C[C@H]1C(=O)N1CCSC1.Cc1cc(N2CCN([C@H]3C[C@@H](C(=O)N4CCSC4)N(C(=O)OCC4c5ccccc5-c5ccccc54)C3)CC2)n(-c2ccccc2)n1.O=C([C@@H]1CCCN1C(=O)OCC1c2ccccc2-c2ccccc21)N1CCSC1. The lowest BCUT2D eigenvalue weighted by Crippen LogP contribution is -2.52. The number of carbonyl (C=O) groups is 10. The molecule has 6 atom stereocenters. The van der Waals surface area contributed by atoms with Crippen molar-refractivity contribution in [2.24, 2.45) is 0 Å². The van der Waals surface area contributed by atoms with Gasteiger partial charge in [-0.15, -0.1) is 47.0 Å². The number of aromatic nitrogens is 6. The van der Waals surface area contributed by atoms with Gasteiger partial charge in [-0.25, -0.2) is 23.6 Å². The molecule has 3 aromatic heterocycles. The van der Waals surface area contributed by atoms with Crippen molar-refractivity contribution in [3.63, 3.8) is 0 Å². The Morgan fingerprint density at radius 1 is 0.412 bits per heavy atom. The number of amides is 8. The minimum atomic E-state index is -0.552. The van der Waals surface area contributed by atoms with E-state index < -0.39 is 19.1 Å². The topological polar surface area (TPSA) is 308 Å². The third-order valence-electron chi connectivity index (χ3n) is 30.6. The van der Waals surface area contributed by atoms with E-state index in [1.807, 2.05) is 157 Å².